The van der Waals surface area contributed by atoms with Crippen LogP contribution in [0.25, 0.3) is 139 Å². The average molecular weight is 981 g/mol. The van der Waals surface area contributed by atoms with Gasteiger partial charge in [-0.3, -0.25) is 0 Å². The second kappa shape index (κ2) is 17.8. The summed E-state index contributed by atoms with van der Waals surface area (Å²) in [5, 5.41) is 16.8. The van der Waals surface area contributed by atoms with E-state index in [4.69, 9.17) is 9.97 Å². The first-order valence-electron chi connectivity index (χ1n) is 25.9. The zero-order valence-corrected chi connectivity index (χ0v) is 41.6. The van der Waals surface area contributed by atoms with Gasteiger partial charge in [-0.2, -0.15) is 5.26 Å². The molecule has 0 saturated carbocycles. The number of aromatic nitrogens is 5. The molecule has 77 heavy (non-hydrogen) atoms. The molecule has 0 N–H and O–H groups in total. The normalized spacial score (nSPS) is 11.6. The molecule has 0 fully saturated rings. The van der Waals surface area contributed by atoms with Crippen LogP contribution in [-0.2, 0) is 0 Å². The molecule has 4 heterocycles. The maximum Gasteiger partial charge on any atom is 0.160 e. The largest absolute Gasteiger partial charge is 0.309 e. The summed E-state index contributed by atoms with van der Waals surface area (Å²) in [6.45, 7) is 0. The van der Waals surface area contributed by atoms with E-state index in [1.54, 1.807) is 12.1 Å². The van der Waals surface area contributed by atoms with E-state index >= 15 is 0 Å². The smallest absolute Gasteiger partial charge is 0.160 e. The van der Waals surface area contributed by atoms with E-state index in [9.17, 15) is 5.26 Å². The van der Waals surface area contributed by atoms with Gasteiger partial charge in [-0.1, -0.05) is 164 Å². The van der Waals surface area contributed by atoms with Crippen LogP contribution in [-0.4, -0.2) is 23.7 Å². The first kappa shape index (κ1) is 43.9. The molecule has 0 spiro atoms. The van der Waals surface area contributed by atoms with E-state index in [-0.39, 0.29) is 0 Å². The molecule has 0 aliphatic carbocycles. The number of hydrogen-bond donors (Lipinski definition) is 0. The van der Waals surface area contributed by atoms with Crippen LogP contribution in [0.4, 0.5) is 0 Å². The van der Waals surface area contributed by atoms with Crippen LogP contribution >= 0.6 is 0 Å². The summed E-state index contributed by atoms with van der Waals surface area (Å²) in [6.07, 6.45) is 0. The lowest BCUT2D eigenvalue weighted by atomic mass is 9.98. The van der Waals surface area contributed by atoms with Crippen molar-refractivity contribution in [3.63, 3.8) is 0 Å². The average Bonchev–Trinajstić information content (AvgIpc) is 4.23. The first-order valence-corrected chi connectivity index (χ1v) is 25.9. The van der Waals surface area contributed by atoms with Crippen molar-refractivity contribution in [1.82, 2.24) is 23.7 Å². The minimum absolute atomic E-state index is 0.600. The number of hydrogen-bond acceptors (Lipinski definition) is 3. The highest BCUT2D eigenvalue weighted by atomic mass is 15.0. The molecule has 6 nitrogen and oxygen atoms in total. The standard InChI is InChI=1S/C71H44N6/c72-45-46-22-24-53(25-23-46)71-73-63(51-12-2-1-3-13-51)44-64(74-71)52-32-30-49(31-33-52)47-26-28-48(29-27-47)50-34-36-54(37-35-50)75-69-40-38-55(76-65-18-8-4-14-57(65)58-15-5-9-19-66(58)76)42-61(69)62-43-56(39-41-70(62)75)77-67-20-10-6-16-59(67)60-17-7-11-21-68(60)77/h1-44H. The van der Waals surface area contributed by atoms with Gasteiger partial charge in [-0.15, -0.1) is 0 Å². The van der Waals surface area contributed by atoms with Gasteiger partial charge in [0, 0.05) is 66.1 Å². The lowest BCUT2D eigenvalue weighted by Gasteiger charge is -2.12. The lowest BCUT2D eigenvalue weighted by molar-refractivity contribution is 1.16. The van der Waals surface area contributed by atoms with Gasteiger partial charge in [-0.25, -0.2) is 9.97 Å². The van der Waals surface area contributed by atoms with Gasteiger partial charge in [0.2, 0.25) is 0 Å². The molecular formula is C71H44N6. The molecule has 15 rings (SSSR count). The molecule has 0 aliphatic heterocycles. The summed E-state index contributed by atoms with van der Waals surface area (Å²) in [5.41, 5.74) is 20.1. The summed E-state index contributed by atoms with van der Waals surface area (Å²) < 4.78 is 7.25. The predicted octanol–water partition coefficient (Wildman–Crippen LogP) is 18.0. The molecule has 15 aromatic rings. The molecule has 0 bridgehead atoms. The number of para-hydroxylation sites is 4. The van der Waals surface area contributed by atoms with Crippen molar-refractivity contribution >= 4 is 65.4 Å². The van der Waals surface area contributed by atoms with E-state index < -0.39 is 0 Å². The molecule has 0 amide bonds. The second-order valence-electron chi connectivity index (χ2n) is 19.7. The minimum atomic E-state index is 0.600. The van der Waals surface area contributed by atoms with Crippen LogP contribution in [0.2, 0.25) is 0 Å². The zero-order valence-electron chi connectivity index (χ0n) is 41.6. The molecular weight excluding hydrogens is 937 g/mol. The molecule has 11 aromatic carbocycles. The fraction of sp³-hybridized carbons (Fsp3) is 0. The van der Waals surface area contributed by atoms with E-state index in [1.165, 1.54) is 54.4 Å². The first-order chi connectivity index (χ1) is 38.1. The van der Waals surface area contributed by atoms with E-state index in [2.05, 4.69) is 238 Å². The minimum Gasteiger partial charge on any atom is -0.309 e. The quantitative estimate of drug-likeness (QED) is 0.152. The summed E-state index contributed by atoms with van der Waals surface area (Å²) >= 11 is 0. The van der Waals surface area contributed by atoms with E-state index in [1.807, 2.05) is 36.4 Å². The van der Waals surface area contributed by atoms with Crippen LogP contribution in [0, 0.1) is 11.3 Å². The van der Waals surface area contributed by atoms with Gasteiger partial charge < -0.3 is 13.7 Å². The predicted molar refractivity (Wildman–Crippen MR) is 317 cm³/mol. The van der Waals surface area contributed by atoms with E-state index in [0.29, 0.717) is 11.4 Å². The maximum atomic E-state index is 9.39. The van der Waals surface area contributed by atoms with Crippen molar-refractivity contribution in [3.8, 4) is 79.3 Å². The molecule has 0 aliphatic rings. The molecule has 358 valence electrons. The van der Waals surface area contributed by atoms with Gasteiger partial charge in [0.25, 0.3) is 0 Å². The topological polar surface area (TPSA) is 64.4 Å². The SMILES string of the molecule is N#Cc1ccc(-c2nc(-c3ccccc3)cc(-c3ccc(-c4ccc(-c5ccc(-n6c7ccc(-n8c9ccccc9c9ccccc98)cc7c7cc(-n8c9ccccc9c9ccccc98)ccc76)cc5)cc4)cc3)n2)cc1. The lowest BCUT2D eigenvalue weighted by Crippen LogP contribution is -1.96. The molecule has 0 radical (unpaired) electrons. The third-order valence-electron chi connectivity index (χ3n) is 15.3. The third kappa shape index (κ3) is 7.33. The van der Waals surface area contributed by atoms with E-state index in [0.717, 1.165) is 78.4 Å². The monoisotopic (exact) mass is 980 g/mol. The molecule has 4 aromatic heterocycles. The Hall–Kier alpha value is -10.6. The van der Waals surface area contributed by atoms with Crippen LogP contribution < -0.4 is 0 Å². The highest BCUT2D eigenvalue weighted by Crippen LogP contribution is 2.40. The van der Waals surface area contributed by atoms with Crippen LogP contribution in [0.15, 0.2) is 267 Å². The number of nitriles is 1. The highest BCUT2D eigenvalue weighted by molar-refractivity contribution is 6.14. The Morgan fingerprint density at radius 3 is 1.01 bits per heavy atom. The van der Waals surface area contributed by atoms with Crippen molar-refractivity contribution in [2.24, 2.45) is 0 Å². The number of benzene rings is 11. The Morgan fingerprint density at radius 1 is 0.260 bits per heavy atom. The van der Waals surface area contributed by atoms with Gasteiger partial charge in [0.05, 0.1) is 56.1 Å². The van der Waals surface area contributed by atoms with Gasteiger partial charge >= 0.3 is 0 Å². The van der Waals surface area contributed by atoms with Crippen LogP contribution in [0.5, 0.6) is 0 Å². The number of rotatable bonds is 8. The van der Waals surface area contributed by atoms with Gasteiger partial charge in [0.1, 0.15) is 0 Å². The Balaban J connectivity index is 0.783. The van der Waals surface area contributed by atoms with Crippen molar-refractivity contribution < 1.29 is 0 Å². The zero-order chi connectivity index (χ0) is 51.0. The Morgan fingerprint density at radius 2 is 0.584 bits per heavy atom. The van der Waals surface area contributed by atoms with Crippen molar-refractivity contribution in [3.05, 3.63) is 272 Å². The number of nitrogens with zero attached hydrogens (tertiary/aromatic N) is 6. The molecule has 0 unspecified atom stereocenters. The summed E-state index contributed by atoms with van der Waals surface area (Å²) in [4.78, 5) is 9.97. The molecule has 0 saturated heterocycles. The Labute approximate surface area is 443 Å². The summed E-state index contributed by atoms with van der Waals surface area (Å²) in [6, 6.07) is 97.1. The Bertz CT molecular complexity index is 4550. The van der Waals surface area contributed by atoms with Crippen LogP contribution in [0.1, 0.15) is 5.56 Å². The summed E-state index contributed by atoms with van der Waals surface area (Å²) in [7, 11) is 0. The van der Waals surface area contributed by atoms with Crippen molar-refractivity contribution in [2.75, 3.05) is 0 Å². The Kier molecular flexibility index (Phi) is 10.2. The highest BCUT2D eigenvalue weighted by Gasteiger charge is 2.20. The fourth-order valence-electron chi connectivity index (χ4n) is 11.6. The summed E-state index contributed by atoms with van der Waals surface area (Å²) in [5.74, 6) is 0.615. The maximum absolute atomic E-state index is 9.39. The molecule has 0 atom stereocenters. The van der Waals surface area contributed by atoms with Gasteiger partial charge in [0.15, 0.2) is 5.82 Å². The van der Waals surface area contributed by atoms with Crippen molar-refractivity contribution in [1.29, 1.82) is 5.26 Å². The third-order valence-corrected chi connectivity index (χ3v) is 15.3. The van der Waals surface area contributed by atoms with Crippen LogP contribution in [0.3, 0.4) is 0 Å². The number of fused-ring (bicyclic) bond motifs is 9. The molecule has 6 heteroatoms. The van der Waals surface area contributed by atoms with Crippen molar-refractivity contribution in [2.45, 2.75) is 0 Å². The van der Waals surface area contributed by atoms with Gasteiger partial charge in [-0.05, 0) is 125 Å². The second-order valence-corrected chi connectivity index (χ2v) is 19.7. The fourth-order valence-corrected chi connectivity index (χ4v) is 11.6.